The quantitative estimate of drug-likeness (QED) is 0.574. The van der Waals surface area contributed by atoms with Crippen LogP contribution < -0.4 is 20.1 Å². The lowest BCUT2D eigenvalue weighted by Gasteiger charge is -2.19. The van der Waals surface area contributed by atoms with Gasteiger partial charge in [0.2, 0.25) is 0 Å². The number of rotatable bonds is 7. The van der Waals surface area contributed by atoms with Gasteiger partial charge in [-0.1, -0.05) is 43.7 Å². The number of nitrogens with zero attached hydrogens (tertiary/aromatic N) is 2. The Hall–Kier alpha value is -3.28. The first-order valence-corrected chi connectivity index (χ1v) is 9.67. The van der Waals surface area contributed by atoms with Gasteiger partial charge < -0.3 is 20.1 Å². The van der Waals surface area contributed by atoms with Gasteiger partial charge in [0.1, 0.15) is 24.8 Å². The molecule has 0 unspecified atom stereocenters. The van der Waals surface area contributed by atoms with E-state index in [4.69, 9.17) is 14.5 Å². The molecule has 0 saturated carbocycles. The van der Waals surface area contributed by atoms with Crippen LogP contribution in [0.1, 0.15) is 19.8 Å². The van der Waals surface area contributed by atoms with E-state index < -0.39 is 0 Å². The summed E-state index contributed by atoms with van der Waals surface area (Å²) in [5.74, 6) is 3.73. The molecule has 0 saturated heterocycles. The number of anilines is 3. The number of fused-ring (bicyclic) bond motifs is 1. The van der Waals surface area contributed by atoms with Crippen LogP contribution in [-0.4, -0.2) is 29.7 Å². The first-order valence-electron chi connectivity index (χ1n) is 9.67. The van der Waals surface area contributed by atoms with E-state index >= 15 is 0 Å². The molecule has 1 aliphatic rings. The normalized spacial score (nSPS) is 12.5. The minimum absolute atomic E-state index is 0.563. The van der Waals surface area contributed by atoms with Gasteiger partial charge in [-0.15, -0.1) is 0 Å². The largest absolute Gasteiger partial charge is 0.486 e. The van der Waals surface area contributed by atoms with Crippen LogP contribution in [0.5, 0.6) is 11.5 Å². The van der Waals surface area contributed by atoms with E-state index in [-0.39, 0.29) is 0 Å². The van der Waals surface area contributed by atoms with Crippen LogP contribution >= 0.6 is 0 Å². The molecular weight excluding hydrogens is 352 g/mol. The maximum Gasteiger partial charge on any atom is 0.163 e. The summed E-state index contributed by atoms with van der Waals surface area (Å²) < 4.78 is 11.3. The van der Waals surface area contributed by atoms with Gasteiger partial charge >= 0.3 is 0 Å². The van der Waals surface area contributed by atoms with Crippen molar-refractivity contribution in [2.75, 3.05) is 30.4 Å². The monoisotopic (exact) mass is 376 g/mol. The predicted octanol–water partition coefficient (Wildman–Crippen LogP) is 4.87. The Balaban J connectivity index is 1.62. The topological polar surface area (TPSA) is 68.3 Å². The second-order valence-corrected chi connectivity index (χ2v) is 6.59. The van der Waals surface area contributed by atoms with Crippen molar-refractivity contribution in [3.63, 3.8) is 0 Å². The molecule has 1 aliphatic heterocycles. The van der Waals surface area contributed by atoms with Crippen LogP contribution in [0.2, 0.25) is 0 Å². The van der Waals surface area contributed by atoms with E-state index in [9.17, 15) is 0 Å². The molecule has 144 valence electrons. The van der Waals surface area contributed by atoms with Crippen molar-refractivity contribution in [1.82, 2.24) is 9.97 Å². The SMILES string of the molecule is CCCCNc1cc(Nc2ccc3c(c2)OCCO3)nc(-c2ccccc2)n1. The summed E-state index contributed by atoms with van der Waals surface area (Å²) in [7, 11) is 0. The zero-order valence-corrected chi connectivity index (χ0v) is 15.9. The number of hydrogen-bond donors (Lipinski definition) is 2. The van der Waals surface area contributed by atoms with Crippen molar-refractivity contribution in [3.8, 4) is 22.9 Å². The number of ether oxygens (including phenoxy) is 2. The molecule has 0 aliphatic carbocycles. The van der Waals surface area contributed by atoms with Crippen molar-refractivity contribution in [2.24, 2.45) is 0 Å². The van der Waals surface area contributed by atoms with E-state index in [0.717, 1.165) is 53.8 Å². The predicted molar refractivity (Wildman–Crippen MR) is 112 cm³/mol. The molecular formula is C22H24N4O2. The van der Waals surface area contributed by atoms with Gasteiger partial charge in [-0.05, 0) is 18.6 Å². The molecule has 6 heteroatoms. The van der Waals surface area contributed by atoms with Crippen LogP contribution in [-0.2, 0) is 0 Å². The summed E-state index contributed by atoms with van der Waals surface area (Å²) in [6.45, 7) is 4.20. The minimum atomic E-state index is 0.563. The highest BCUT2D eigenvalue weighted by Crippen LogP contribution is 2.33. The third-order valence-electron chi connectivity index (χ3n) is 4.41. The van der Waals surface area contributed by atoms with Crippen LogP contribution in [0.15, 0.2) is 54.6 Å². The van der Waals surface area contributed by atoms with Gasteiger partial charge in [-0.2, -0.15) is 0 Å². The Morgan fingerprint density at radius 3 is 2.50 bits per heavy atom. The highest BCUT2D eigenvalue weighted by atomic mass is 16.6. The Bertz CT molecular complexity index is 931. The molecule has 1 aromatic heterocycles. The number of aromatic nitrogens is 2. The summed E-state index contributed by atoms with van der Waals surface area (Å²) in [4.78, 5) is 9.39. The third kappa shape index (κ3) is 4.34. The Morgan fingerprint density at radius 1 is 0.893 bits per heavy atom. The Labute approximate surface area is 164 Å². The van der Waals surface area contributed by atoms with Crippen LogP contribution in [0.25, 0.3) is 11.4 Å². The first-order chi connectivity index (χ1) is 13.8. The molecule has 2 heterocycles. The minimum Gasteiger partial charge on any atom is -0.486 e. The summed E-state index contributed by atoms with van der Waals surface area (Å²) in [6.07, 6.45) is 2.22. The van der Waals surface area contributed by atoms with E-state index in [1.54, 1.807) is 0 Å². The maximum atomic E-state index is 5.67. The molecule has 2 N–H and O–H groups in total. The van der Waals surface area contributed by atoms with E-state index in [1.165, 1.54) is 0 Å². The number of unbranched alkanes of at least 4 members (excludes halogenated alkanes) is 1. The molecule has 4 rings (SSSR count). The Morgan fingerprint density at radius 2 is 1.68 bits per heavy atom. The van der Waals surface area contributed by atoms with Crippen molar-refractivity contribution >= 4 is 17.3 Å². The van der Waals surface area contributed by atoms with Gasteiger partial charge in [0.25, 0.3) is 0 Å². The number of hydrogen-bond acceptors (Lipinski definition) is 6. The molecule has 0 amide bonds. The second-order valence-electron chi connectivity index (χ2n) is 6.59. The highest BCUT2D eigenvalue weighted by Gasteiger charge is 2.13. The lowest BCUT2D eigenvalue weighted by molar-refractivity contribution is 0.171. The lowest BCUT2D eigenvalue weighted by Crippen LogP contribution is -2.15. The van der Waals surface area contributed by atoms with Gasteiger partial charge in [-0.3, -0.25) is 0 Å². The van der Waals surface area contributed by atoms with Crippen molar-refractivity contribution in [1.29, 1.82) is 0 Å². The van der Waals surface area contributed by atoms with Crippen molar-refractivity contribution in [3.05, 3.63) is 54.6 Å². The third-order valence-corrected chi connectivity index (χ3v) is 4.41. The van der Waals surface area contributed by atoms with Gasteiger partial charge in [0.05, 0.1) is 0 Å². The fourth-order valence-electron chi connectivity index (χ4n) is 2.98. The van der Waals surface area contributed by atoms with Gasteiger partial charge in [-0.25, -0.2) is 9.97 Å². The summed E-state index contributed by atoms with van der Waals surface area (Å²) in [5, 5.41) is 6.76. The maximum absolute atomic E-state index is 5.67. The number of nitrogens with one attached hydrogen (secondary N) is 2. The first kappa shape index (κ1) is 18.1. The van der Waals surface area contributed by atoms with E-state index in [1.807, 2.05) is 54.6 Å². The Kier molecular flexibility index (Phi) is 5.56. The standard InChI is InChI=1S/C22H24N4O2/c1-2-3-11-23-20-15-21(26-22(25-20)16-7-5-4-6-8-16)24-17-9-10-18-19(14-17)28-13-12-27-18/h4-10,14-15H,2-3,11-13H2,1H3,(H2,23,24,25,26). The average Bonchev–Trinajstić information content (AvgIpc) is 2.74. The van der Waals surface area contributed by atoms with Gasteiger partial charge in [0, 0.05) is 29.9 Å². The number of benzene rings is 2. The fraction of sp³-hybridized carbons (Fsp3) is 0.273. The zero-order chi connectivity index (χ0) is 19.2. The van der Waals surface area contributed by atoms with Crippen molar-refractivity contribution < 1.29 is 9.47 Å². The molecule has 0 atom stereocenters. The fourth-order valence-corrected chi connectivity index (χ4v) is 2.98. The molecule has 2 aromatic carbocycles. The molecule has 0 bridgehead atoms. The smallest absolute Gasteiger partial charge is 0.163 e. The molecule has 28 heavy (non-hydrogen) atoms. The lowest BCUT2D eigenvalue weighted by atomic mass is 10.2. The van der Waals surface area contributed by atoms with Gasteiger partial charge in [0.15, 0.2) is 17.3 Å². The van der Waals surface area contributed by atoms with Crippen LogP contribution in [0.4, 0.5) is 17.3 Å². The van der Waals surface area contributed by atoms with Crippen molar-refractivity contribution in [2.45, 2.75) is 19.8 Å². The summed E-state index contributed by atoms with van der Waals surface area (Å²) in [5.41, 5.74) is 1.87. The zero-order valence-electron chi connectivity index (χ0n) is 15.9. The molecule has 0 radical (unpaired) electrons. The van der Waals surface area contributed by atoms with E-state index in [2.05, 4.69) is 22.5 Å². The molecule has 6 nitrogen and oxygen atoms in total. The highest BCUT2D eigenvalue weighted by molar-refractivity contribution is 5.67. The van der Waals surface area contributed by atoms with Crippen LogP contribution in [0.3, 0.4) is 0 Å². The molecule has 0 spiro atoms. The van der Waals surface area contributed by atoms with E-state index in [0.29, 0.717) is 19.0 Å². The second kappa shape index (κ2) is 8.61. The molecule has 0 fully saturated rings. The average molecular weight is 376 g/mol. The summed E-state index contributed by atoms with van der Waals surface area (Å²) in [6, 6.07) is 17.7. The van der Waals surface area contributed by atoms with Crippen LogP contribution in [0, 0.1) is 0 Å². The summed E-state index contributed by atoms with van der Waals surface area (Å²) >= 11 is 0. The molecule has 3 aromatic rings.